The lowest BCUT2D eigenvalue weighted by molar-refractivity contribution is 0.157. The summed E-state index contributed by atoms with van der Waals surface area (Å²) in [6.07, 6.45) is 0.996. The van der Waals surface area contributed by atoms with Crippen LogP contribution in [0.3, 0.4) is 0 Å². The van der Waals surface area contributed by atoms with Gasteiger partial charge in [-0.2, -0.15) is 0 Å². The Morgan fingerprint density at radius 2 is 1.89 bits per heavy atom. The lowest BCUT2D eigenvalue weighted by Crippen LogP contribution is -2.25. The van der Waals surface area contributed by atoms with Gasteiger partial charge in [0.2, 0.25) is 0 Å². The molecule has 0 saturated heterocycles. The van der Waals surface area contributed by atoms with Crippen LogP contribution in [0.25, 0.3) is 0 Å². The SMILES string of the molecule is COCCC(C)(C)CNc1nnc(Cl)c(C)c1C. The van der Waals surface area contributed by atoms with Crippen LogP contribution in [0, 0.1) is 19.3 Å². The minimum atomic E-state index is 0.150. The molecule has 4 nitrogen and oxygen atoms in total. The van der Waals surface area contributed by atoms with Gasteiger partial charge in [0, 0.05) is 20.3 Å². The first-order valence-corrected chi connectivity index (χ1v) is 6.47. The highest BCUT2D eigenvalue weighted by Crippen LogP contribution is 2.24. The molecule has 0 bridgehead atoms. The molecule has 0 aliphatic carbocycles. The second kappa shape index (κ2) is 6.34. The maximum Gasteiger partial charge on any atom is 0.155 e. The number of aromatic nitrogens is 2. The minimum Gasteiger partial charge on any atom is -0.385 e. The molecule has 0 radical (unpaired) electrons. The molecule has 1 N–H and O–H groups in total. The summed E-state index contributed by atoms with van der Waals surface area (Å²) in [4.78, 5) is 0. The van der Waals surface area contributed by atoms with Crippen LogP contribution in [-0.2, 0) is 4.74 Å². The molecule has 0 atom stereocenters. The standard InChI is InChI=1S/C13H22ClN3O/c1-9-10(2)12(17-16-11(9)14)15-8-13(3,4)6-7-18-5/h6-8H2,1-5H3,(H,15,17). The first kappa shape index (κ1) is 15.2. The van der Waals surface area contributed by atoms with E-state index in [2.05, 4.69) is 29.4 Å². The number of ether oxygens (including phenoxy) is 1. The summed E-state index contributed by atoms with van der Waals surface area (Å²) in [5.74, 6) is 0.808. The molecule has 102 valence electrons. The summed E-state index contributed by atoms with van der Waals surface area (Å²) in [5.41, 5.74) is 2.18. The third kappa shape index (κ3) is 4.10. The van der Waals surface area contributed by atoms with Crippen LogP contribution in [-0.4, -0.2) is 30.5 Å². The zero-order valence-corrected chi connectivity index (χ0v) is 12.6. The van der Waals surface area contributed by atoms with Crippen LogP contribution in [0.5, 0.6) is 0 Å². The first-order chi connectivity index (χ1) is 8.37. The van der Waals surface area contributed by atoms with Gasteiger partial charge in [-0.3, -0.25) is 0 Å². The Morgan fingerprint density at radius 1 is 1.22 bits per heavy atom. The van der Waals surface area contributed by atoms with Gasteiger partial charge in [-0.05, 0) is 36.8 Å². The van der Waals surface area contributed by atoms with Crippen LogP contribution in [0.1, 0.15) is 31.4 Å². The highest BCUT2D eigenvalue weighted by Gasteiger charge is 2.18. The molecule has 0 aromatic carbocycles. The number of hydrogen-bond donors (Lipinski definition) is 1. The van der Waals surface area contributed by atoms with Gasteiger partial charge in [0.25, 0.3) is 0 Å². The number of hydrogen-bond acceptors (Lipinski definition) is 4. The Bertz CT molecular complexity index is 407. The van der Waals surface area contributed by atoms with E-state index in [0.717, 1.165) is 36.5 Å². The van der Waals surface area contributed by atoms with E-state index in [1.807, 2.05) is 13.8 Å². The zero-order valence-electron chi connectivity index (χ0n) is 11.8. The van der Waals surface area contributed by atoms with E-state index >= 15 is 0 Å². The van der Waals surface area contributed by atoms with Crippen molar-refractivity contribution in [3.63, 3.8) is 0 Å². The van der Waals surface area contributed by atoms with E-state index in [0.29, 0.717) is 5.15 Å². The number of anilines is 1. The predicted octanol–water partition coefficient (Wildman–Crippen LogP) is 3.22. The van der Waals surface area contributed by atoms with Crippen molar-refractivity contribution in [3.8, 4) is 0 Å². The Balaban J connectivity index is 2.66. The second-order valence-corrected chi connectivity index (χ2v) is 5.71. The zero-order chi connectivity index (χ0) is 13.8. The maximum absolute atomic E-state index is 5.93. The van der Waals surface area contributed by atoms with Gasteiger partial charge in [0.15, 0.2) is 11.0 Å². The maximum atomic E-state index is 5.93. The lowest BCUT2D eigenvalue weighted by Gasteiger charge is -2.25. The number of nitrogens with one attached hydrogen (secondary N) is 1. The van der Waals surface area contributed by atoms with E-state index in [1.54, 1.807) is 7.11 Å². The van der Waals surface area contributed by atoms with Gasteiger partial charge in [-0.25, -0.2) is 0 Å². The third-order valence-electron chi connectivity index (χ3n) is 3.18. The molecule has 5 heteroatoms. The normalized spacial score (nSPS) is 11.7. The van der Waals surface area contributed by atoms with Crippen molar-refractivity contribution in [3.05, 3.63) is 16.3 Å². The molecule has 0 aliphatic rings. The predicted molar refractivity (Wildman–Crippen MR) is 75.3 cm³/mol. The van der Waals surface area contributed by atoms with Gasteiger partial charge >= 0.3 is 0 Å². The average Bonchev–Trinajstić information content (AvgIpc) is 2.33. The van der Waals surface area contributed by atoms with Gasteiger partial charge in [0.1, 0.15) is 0 Å². The summed E-state index contributed by atoms with van der Waals surface area (Å²) in [5, 5.41) is 11.8. The molecule has 1 aromatic heterocycles. The van der Waals surface area contributed by atoms with Crippen molar-refractivity contribution in [2.45, 2.75) is 34.1 Å². The summed E-state index contributed by atoms with van der Waals surface area (Å²) in [7, 11) is 1.72. The van der Waals surface area contributed by atoms with Gasteiger partial charge in [-0.15, -0.1) is 10.2 Å². The Kier molecular flexibility index (Phi) is 5.35. The van der Waals surface area contributed by atoms with Gasteiger partial charge in [-0.1, -0.05) is 25.4 Å². The molecule has 1 heterocycles. The Hall–Kier alpha value is -0.870. The molecule has 18 heavy (non-hydrogen) atoms. The molecule has 1 rings (SSSR count). The summed E-state index contributed by atoms with van der Waals surface area (Å²) in [6, 6.07) is 0. The smallest absolute Gasteiger partial charge is 0.155 e. The van der Waals surface area contributed by atoms with Crippen LogP contribution in [0.15, 0.2) is 0 Å². The molecule has 0 saturated carbocycles. The van der Waals surface area contributed by atoms with Crippen molar-refractivity contribution in [1.29, 1.82) is 0 Å². The van der Waals surface area contributed by atoms with E-state index in [-0.39, 0.29) is 5.41 Å². The fourth-order valence-corrected chi connectivity index (χ4v) is 1.71. The van der Waals surface area contributed by atoms with E-state index in [9.17, 15) is 0 Å². The topological polar surface area (TPSA) is 47.0 Å². The monoisotopic (exact) mass is 271 g/mol. The second-order valence-electron chi connectivity index (χ2n) is 5.35. The number of methoxy groups -OCH3 is 1. The largest absolute Gasteiger partial charge is 0.385 e. The molecule has 0 spiro atoms. The van der Waals surface area contributed by atoms with Crippen molar-refractivity contribution in [1.82, 2.24) is 10.2 Å². The first-order valence-electron chi connectivity index (χ1n) is 6.09. The van der Waals surface area contributed by atoms with Crippen LogP contribution < -0.4 is 5.32 Å². The molecule has 0 unspecified atom stereocenters. The summed E-state index contributed by atoms with van der Waals surface area (Å²) >= 11 is 5.93. The Labute approximate surface area is 114 Å². The lowest BCUT2D eigenvalue weighted by atomic mass is 9.89. The fraction of sp³-hybridized carbons (Fsp3) is 0.692. The summed E-state index contributed by atoms with van der Waals surface area (Å²) < 4.78 is 5.12. The van der Waals surface area contributed by atoms with Crippen LogP contribution >= 0.6 is 11.6 Å². The number of halogens is 1. The van der Waals surface area contributed by atoms with E-state index in [1.165, 1.54) is 0 Å². The van der Waals surface area contributed by atoms with Crippen molar-refractivity contribution < 1.29 is 4.74 Å². The van der Waals surface area contributed by atoms with Crippen molar-refractivity contribution in [2.75, 3.05) is 25.6 Å². The van der Waals surface area contributed by atoms with Gasteiger partial charge < -0.3 is 10.1 Å². The Morgan fingerprint density at radius 3 is 2.50 bits per heavy atom. The van der Waals surface area contributed by atoms with E-state index < -0.39 is 0 Å². The molecule has 0 aliphatic heterocycles. The average molecular weight is 272 g/mol. The van der Waals surface area contributed by atoms with E-state index in [4.69, 9.17) is 16.3 Å². The quantitative estimate of drug-likeness (QED) is 0.863. The summed E-state index contributed by atoms with van der Waals surface area (Å²) in [6.45, 7) is 9.94. The molecule has 0 amide bonds. The molecular weight excluding hydrogens is 250 g/mol. The highest BCUT2D eigenvalue weighted by atomic mass is 35.5. The number of nitrogens with zero attached hydrogens (tertiary/aromatic N) is 2. The molecule has 1 aromatic rings. The van der Waals surface area contributed by atoms with Crippen molar-refractivity contribution >= 4 is 17.4 Å². The van der Waals surface area contributed by atoms with Crippen LogP contribution in [0.4, 0.5) is 5.82 Å². The van der Waals surface area contributed by atoms with Crippen LogP contribution in [0.2, 0.25) is 5.15 Å². The minimum absolute atomic E-state index is 0.150. The molecule has 0 fully saturated rings. The van der Waals surface area contributed by atoms with Crippen molar-refractivity contribution in [2.24, 2.45) is 5.41 Å². The number of rotatable bonds is 6. The highest BCUT2D eigenvalue weighted by molar-refractivity contribution is 6.30. The van der Waals surface area contributed by atoms with Gasteiger partial charge in [0.05, 0.1) is 0 Å². The molecular formula is C13H22ClN3O. The third-order valence-corrected chi connectivity index (χ3v) is 3.54. The fourth-order valence-electron chi connectivity index (χ4n) is 1.53.